The van der Waals surface area contributed by atoms with Gasteiger partial charge < -0.3 is 5.32 Å². The third-order valence-electron chi connectivity index (χ3n) is 3.32. The van der Waals surface area contributed by atoms with Crippen molar-refractivity contribution in [2.75, 3.05) is 5.32 Å². The summed E-state index contributed by atoms with van der Waals surface area (Å²) in [7, 11) is 0. The number of halogens is 1. The van der Waals surface area contributed by atoms with Crippen molar-refractivity contribution >= 4 is 11.6 Å². The number of anilines is 1. The summed E-state index contributed by atoms with van der Waals surface area (Å²) in [6.45, 7) is 3.92. The Labute approximate surface area is 118 Å². The van der Waals surface area contributed by atoms with Gasteiger partial charge in [0.2, 0.25) is 5.91 Å². The highest BCUT2D eigenvalue weighted by Crippen LogP contribution is 2.20. The van der Waals surface area contributed by atoms with Crippen molar-refractivity contribution < 1.29 is 9.18 Å². The van der Waals surface area contributed by atoms with E-state index in [9.17, 15) is 9.18 Å². The summed E-state index contributed by atoms with van der Waals surface area (Å²) in [5.74, 6) is -0.349. The molecule has 2 rings (SSSR count). The Balaban J connectivity index is 1.98. The molecule has 0 saturated heterocycles. The van der Waals surface area contributed by atoms with Crippen molar-refractivity contribution in [2.45, 2.75) is 26.7 Å². The molecule has 3 heteroatoms. The van der Waals surface area contributed by atoms with Crippen LogP contribution in [-0.4, -0.2) is 5.91 Å². The van der Waals surface area contributed by atoms with Crippen molar-refractivity contribution in [3.8, 4) is 0 Å². The molecule has 0 spiro atoms. The molecular weight excluding hydrogens is 253 g/mol. The second-order valence-corrected chi connectivity index (χ2v) is 4.91. The third kappa shape index (κ3) is 3.44. The predicted molar refractivity (Wildman–Crippen MR) is 79.3 cm³/mol. The minimum Gasteiger partial charge on any atom is -0.326 e. The summed E-state index contributed by atoms with van der Waals surface area (Å²) in [5, 5.41) is 2.91. The fourth-order valence-corrected chi connectivity index (χ4v) is 2.16. The summed E-state index contributed by atoms with van der Waals surface area (Å²) in [6, 6.07) is 12.4. The second kappa shape index (κ2) is 6.33. The van der Waals surface area contributed by atoms with Gasteiger partial charge in [-0.2, -0.15) is 0 Å². The summed E-state index contributed by atoms with van der Waals surface area (Å²) in [4.78, 5) is 12.0. The maximum atomic E-state index is 13.5. The Morgan fingerprint density at radius 2 is 1.70 bits per heavy atom. The highest BCUT2D eigenvalue weighted by atomic mass is 19.1. The average molecular weight is 271 g/mol. The zero-order chi connectivity index (χ0) is 14.5. The highest BCUT2D eigenvalue weighted by Gasteiger charge is 2.08. The number of para-hydroxylation sites is 1. The van der Waals surface area contributed by atoms with Crippen LogP contribution in [0.4, 0.5) is 10.1 Å². The first-order valence-corrected chi connectivity index (χ1v) is 6.67. The van der Waals surface area contributed by atoms with Crippen LogP contribution in [0.25, 0.3) is 0 Å². The van der Waals surface area contributed by atoms with Gasteiger partial charge in [-0.25, -0.2) is 4.39 Å². The lowest BCUT2D eigenvalue weighted by atomic mass is 10.1. The van der Waals surface area contributed by atoms with Gasteiger partial charge in [0, 0.05) is 12.1 Å². The summed E-state index contributed by atoms with van der Waals surface area (Å²) < 4.78 is 13.5. The molecule has 2 aromatic carbocycles. The van der Waals surface area contributed by atoms with Crippen molar-refractivity contribution in [2.24, 2.45) is 0 Å². The maximum Gasteiger partial charge on any atom is 0.224 e. The van der Waals surface area contributed by atoms with Gasteiger partial charge in [0.25, 0.3) is 0 Å². The number of hydrogen-bond acceptors (Lipinski definition) is 1. The molecule has 0 heterocycles. The molecule has 2 aromatic rings. The molecule has 2 nitrogen and oxygen atoms in total. The van der Waals surface area contributed by atoms with Crippen molar-refractivity contribution in [3.63, 3.8) is 0 Å². The van der Waals surface area contributed by atoms with Crippen LogP contribution < -0.4 is 5.32 Å². The lowest BCUT2D eigenvalue weighted by Gasteiger charge is -2.11. The van der Waals surface area contributed by atoms with E-state index in [0.717, 1.165) is 16.8 Å². The molecule has 20 heavy (non-hydrogen) atoms. The first kappa shape index (κ1) is 14.3. The molecule has 0 bridgehead atoms. The summed E-state index contributed by atoms with van der Waals surface area (Å²) in [5.41, 5.74) is 3.49. The molecule has 0 saturated carbocycles. The molecule has 0 radical (unpaired) electrons. The van der Waals surface area contributed by atoms with Crippen LogP contribution in [-0.2, 0) is 11.2 Å². The molecule has 0 aliphatic heterocycles. The minimum absolute atomic E-state index is 0.0920. The van der Waals surface area contributed by atoms with Gasteiger partial charge in [0.1, 0.15) is 5.82 Å². The molecule has 0 unspecified atom stereocenters. The van der Waals surface area contributed by atoms with Gasteiger partial charge in [0.15, 0.2) is 0 Å². The number of benzene rings is 2. The van der Waals surface area contributed by atoms with E-state index in [1.807, 2.05) is 32.0 Å². The summed E-state index contributed by atoms with van der Waals surface area (Å²) >= 11 is 0. The standard InChI is InChI=1S/C17H18FNO/c1-12-6-5-7-13(2)17(12)19-16(20)11-10-14-8-3-4-9-15(14)18/h3-9H,10-11H2,1-2H3,(H,19,20). The monoisotopic (exact) mass is 271 g/mol. The topological polar surface area (TPSA) is 29.1 Å². The van der Waals surface area contributed by atoms with Gasteiger partial charge >= 0.3 is 0 Å². The maximum absolute atomic E-state index is 13.5. The fourth-order valence-electron chi connectivity index (χ4n) is 2.16. The van der Waals surface area contributed by atoms with E-state index >= 15 is 0 Å². The number of carbonyl (C=O) groups excluding carboxylic acids is 1. The highest BCUT2D eigenvalue weighted by molar-refractivity contribution is 5.92. The number of rotatable bonds is 4. The predicted octanol–water partition coefficient (Wildman–Crippen LogP) is 4.01. The van der Waals surface area contributed by atoms with Gasteiger partial charge in [-0.15, -0.1) is 0 Å². The van der Waals surface area contributed by atoms with Crippen LogP contribution in [0.3, 0.4) is 0 Å². The number of carbonyl (C=O) groups is 1. The average Bonchev–Trinajstić information content (AvgIpc) is 2.42. The van der Waals surface area contributed by atoms with Crippen molar-refractivity contribution in [1.29, 1.82) is 0 Å². The van der Waals surface area contributed by atoms with Crippen LogP contribution in [0.5, 0.6) is 0 Å². The molecule has 0 fully saturated rings. The fraction of sp³-hybridized carbons (Fsp3) is 0.235. The Kier molecular flexibility index (Phi) is 4.51. The second-order valence-electron chi connectivity index (χ2n) is 4.91. The lowest BCUT2D eigenvalue weighted by Crippen LogP contribution is -2.14. The van der Waals surface area contributed by atoms with Crippen LogP contribution in [0.2, 0.25) is 0 Å². The van der Waals surface area contributed by atoms with Gasteiger partial charge in [0.05, 0.1) is 0 Å². The Morgan fingerprint density at radius 3 is 2.35 bits per heavy atom. The van der Waals surface area contributed by atoms with E-state index in [2.05, 4.69) is 5.32 Å². The smallest absolute Gasteiger partial charge is 0.224 e. The number of hydrogen-bond donors (Lipinski definition) is 1. The molecule has 1 amide bonds. The van der Waals surface area contributed by atoms with E-state index in [4.69, 9.17) is 0 Å². The van der Waals surface area contributed by atoms with Crippen molar-refractivity contribution in [1.82, 2.24) is 0 Å². The normalized spacial score (nSPS) is 10.3. The zero-order valence-electron chi connectivity index (χ0n) is 11.7. The molecule has 0 aliphatic carbocycles. The minimum atomic E-state index is -0.257. The summed E-state index contributed by atoms with van der Waals surface area (Å²) in [6.07, 6.45) is 0.679. The Bertz CT molecular complexity index is 602. The molecular formula is C17H18FNO. The van der Waals surface area contributed by atoms with Crippen LogP contribution in [0.15, 0.2) is 42.5 Å². The molecule has 104 valence electrons. The SMILES string of the molecule is Cc1cccc(C)c1NC(=O)CCc1ccccc1F. The Morgan fingerprint density at radius 1 is 1.05 bits per heavy atom. The van der Waals surface area contributed by atoms with Crippen molar-refractivity contribution in [3.05, 3.63) is 65.0 Å². The van der Waals surface area contributed by atoms with E-state index in [1.54, 1.807) is 18.2 Å². The van der Waals surface area contributed by atoms with E-state index in [0.29, 0.717) is 12.0 Å². The molecule has 0 atom stereocenters. The van der Waals surface area contributed by atoms with Crippen LogP contribution in [0.1, 0.15) is 23.1 Å². The lowest BCUT2D eigenvalue weighted by molar-refractivity contribution is -0.116. The van der Waals surface area contributed by atoms with E-state index < -0.39 is 0 Å². The third-order valence-corrected chi connectivity index (χ3v) is 3.32. The quantitative estimate of drug-likeness (QED) is 0.894. The number of aryl methyl sites for hydroxylation is 3. The molecule has 1 N–H and O–H groups in total. The Hall–Kier alpha value is -2.16. The first-order chi connectivity index (χ1) is 9.58. The van der Waals surface area contributed by atoms with Crippen LogP contribution >= 0.6 is 0 Å². The zero-order valence-corrected chi connectivity index (χ0v) is 11.7. The van der Waals surface area contributed by atoms with Gasteiger partial charge in [-0.05, 0) is 43.0 Å². The number of nitrogens with one attached hydrogen (secondary N) is 1. The van der Waals surface area contributed by atoms with Crippen LogP contribution in [0, 0.1) is 19.7 Å². The van der Waals surface area contributed by atoms with E-state index in [1.165, 1.54) is 6.07 Å². The van der Waals surface area contributed by atoms with Gasteiger partial charge in [-0.3, -0.25) is 4.79 Å². The molecule has 0 aromatic heterocycles. The molecule has 0 aliphatic rings. The van der Waals surface area contributed by atoms with E-state index in [-0.39, 0.29) is 18.1 Å². The number of amides is 1. The largest absolute Gasteiger partial charge is 0.326 e. The first-order valence-electron chi connectivity index (χ1n) is 6.67. The van der Waals surface area contributed by atoms with Gasteiger partial charge in [-0.1, -0.05) is 36.4 Å².